The first-order valence-corrected chi connectivity index (χ1v) is 13.1. The Hall–Kier alpha value is -2.13. The quantitative estimate of drug-likeness (QED) is 0.426. The third kappa shape index (κ3) is 5.74. The van der Waals surface area contributed by atoms with Crippen LogP contribution in [-0.4, -0.2) is 49.7 Å². The molecular formula is C24H22Cl3N3O3S. The third-order valence-electron chi connectivity index (χ3n) is 5.59. The van der Waals surface area contributed by atoms with Gasteiger partial charge in [-0.25, -0.2) is 8.42 Å². The van der Waals surface area contributed by atoms with Crippen molar-refractivity contribution in [1.29, 1.82) is 0 Å². The normalized spacial score (nSPS) is 15.3. The summed E-state index contributed by atoms with van der Waals surface area (Å²) in [6.07, 6.45) is 0. The fourth-order valence-electron chi connectivity index (χ4n) is 3.70. The Kier molecular flexibility index (Phi) is 7.82. The van der Waals surface area contributed by atoms with Gasteiger partial charge in [-0.1, -0.05) is 65.1 Å². The highest BCUT2D eigenvalue weighted by Gasteiger charge is 2.28. The van der Waals surface area contributed by atoms with Crippen molar-refractivity contribution in [1.82, 2.24) is 9.21 Å². The molecule has 3 aromatic rings. The van der Waals surface area contributed by atoms with Crippen molar-refractivity contribution in [2.75, 3.05) is 31.5 Å². The summed E-state index contributed by atoms with van der Waals surface area (Å²) in [6.45, 7) is 2.79. The molecule has 0 atom stereocenters. The lowest BCUT2D eigenvalue weighted by Gasteiger charge is -2.34. The number of rotatable bonds is 6. The number of amides is 1. The van der Waals surface area contributed by atoms with Gasteiger partial charge in [-0.15, -0.1) is 0 Å². The van der Waals surface area contributed by atoms with Gasteiger partial charge in [0.2, 0.25) is 10.0 Å². The number of hydrogen-bond donors (Lipinski definition) is 1. The summed E-state index contributed by atoms with van der Waals surface area (Å²) < 4.78 is 27.1. The highest BCUT2D eigenvalue weighted by atomic mass is 35.5. The van der Waals surface area contributed by atoms with Crippen molar-refractivity contribution in [2.24, 2.45) is 0 Å². The fourth-order valence-corrected chi connectivity index (χ4v) is 5.74. The molecule has 0 unspecified atom stereocenters. The zero-order valence-electron chi connectivity index (χ0n) is 18.0. The summed E-state index contributed by atoms with van der Waals surface area (Å²) >= 11 is 18.1. The van der Waals surface area contributed by atoms with E-state index in [1.807, 2.05) is 12.1 Å². The van der Waals surface area contributed by atoms with Crippen molar-refractivity contribution in [3.8, 4) is 0 Å². The Morgan fingerprint density at radius 2 is 1.44 bits per heavy atom. The molecular weight excluding hydrogens is 517 g/mol. The van der Waals surface area contributed by atoms with Crippen LogP contribution in [0.25, 0.3) is 0 Å². The zero-order chi connectivity index (χ0) is 24.3. The van der Waals surface area contributed by atoms with Gasteiger partial charge in [-0.3, -0.25) is 9.69 Å². The van der Waals surface area contributed by atoms with Crippen LogP contribution in [0.2, 0.25) is 15.1 Å². The van der Waals surface area contributed by atoms with E-state index in [1.54, 1.807) is 42.5 Å². The van der Waals surface area contributed by atoms with Crippen LogP contribution in [0.4, 0.5) is 5.69 Å². The van der Waals surface area contributed by atoms with E-state index >= 15 is 0 Å². The van der Waals surface area contributed by atoms with Gasteiger partial charge < -0.3 is 5.32 Å². The number of piperazine rings is 1. The van der Waals surface area contributed by atoms with E-state index in [0.29, 0.717) is 63.9 Å². The first kappa shape index (κ1) is 25.0. The van der Waals surface area contributed by atoms with Crippen LogP contribution in [0.3, 0.4) is 0 Å². The molecule has 1 saturated heterocycles. The Morgan fingerprint density at radius 3 is 2.09 bits per heavy atom. The molecule has 1 amide bonds. The topological polar surface area (TPSA) is 69.7 Å². The second kappa shape index (κ2) is 10.6. The molecule has 10 heteroatoms. The minimum Gasteiger partial charge on any atom is -0.321 e. The maximum atomic E-state index is 12.8. The predicted octanol–water partition coefficient (Wildman–Crippen LogP) is 5.41. The molecule has 34 heavy (non-hydrogen) atoms. The molecule has 1 fully saturated rings. The number of halogens is 3. The minimum absolute atomic E-state index is 0.299. The van der Waals surface area contributed by atoms with E-state index in [9.17, 15) is 13.2 Å². The Morgan fingerprint density at radius 1 is 0.824 bits per heavy atom. The van der Waals surface area contributed by atoms with E-state index in [-0.39, 0.29) is 5.91 Å². The minimum atomic E-state index is -3.47. The van der Waals surface area contributed by atoms with Crippen LogP contribution in [-0.2, 0) is 16.6 Å². The molecule has 1 heterocycles. The zero-order valence-corrected chi connectivity index (χ0v) is 21.1. The number of nitrogens with zero attached hydrogens (tertiary/aromatic N) is 2. The first-order valence-electron chi connectivity index (χ1n) is 10.6. The molecule has 0 bridgehead atoms. The molecule has 1 aliphatic rings. The summed E-state index contributed by atoms with van der Waals surface area (Å²) in [7, 11) is -3.47. The van der Waals surface area contributed by atoms with Crippen LogP contribution in [0.15, 0.2) is 71.6 Å². The van der Waals surface area contributed by atoms with Crippen molar-refractivity contribution >= 4 is 56.4 Å². The van der Waals surface area contributed by atoms with E-state index in [0.717, 1.165) is 5.56 Å². The Balaban J connectivity index is 1.33. The number of carbonyl (C=O) groups excluding carboxylic acids is 1. The second-order valence-corrected chi connectivity index (χ2v) is 11.1. The molecule has 0 aromatic heterocycles. The maximum Gasteiger partial charge on any atom is 0.255 e. The average molecular weight is 539 g/mol. The van der Waals surface area contributed by atoms with Crippen molar-refractivity contribution in [3.05, 3.63) is 92.9 Å². The summed E-state index contributed by atoms with van der Waals surface area (Å²) in [5.74, 6) is -0.313. The van der Waals surface area contributed by atoms with Crippen LogP contribution in [0.1, 0.15) is 15.9 Å². The number of benzene rings is 3. The molecule has 0 saturated carbocycles. The third-order valence-corrected chi connectivity index (χ3v) is 8.54. The number of carbonyl (C=O) groups is 1. The number of hydrogen-bond acceptors (Lipinski definition) is 4. The largest absolute Gasteiger partial charge is 0.321 e. The predicted molar refractivity (Wildman–Crippen MR) is 136 cm³/mol. The van der Waals surface area contributed by atoms with Crippen molar-refractivity contribution in [3.63, 3.8) is 0 Å². The van der Waals surface area contributed by atoms with Gasteiger partial charge in [0.1, 0.15) is 0 Å². The van der Waals surface area contributed by atoms with Crippen LogP contribution in [0.5, 0.6) is 0 Å². The Labute approximate surface area is 214 Å². The van der Waals surface area contributed by atoms with Crippen molar-refractivity contribution in [2.45, 2.75) is 11.4 Å². The van der Waals surface area contributed by atoms with E-state index < -0.39 is 10.0 Å². The highest BCUT2D eigenvalue weighted by molar-refractivity contribution is 7.89. The molecule has 1 aliphatic heterocycles. The van der Waals surface area contributed by atoms with Gasteiger partial charge in [0.05, 0.1) is 25.7 Å². The molecule has 0 radical (unpaired) electrons. The second-order valence-electron chi connectivity index (χ2n) is 7.89. The average Bonchev–Trinajstić information content (AvgIpc) is 2.84. The molecule has 0 spiro atoms. The van der Waals surface area contributed by atoms with Gasteiger partial charge in [0, 0.05) is 38.3 Å². The van der Waals surface area contributed by atoms with E-state index in [2.05, 4.69) is 10.2 Å². The van der Waals surface area contributed by atoms with Crippen LogP contribution < -0.4 is 5.32 Å². The monoisotopic (exact) mass is 537 g/mol. The van der Waals surface area contributed by atoms with Crippen molar-refractivity contribution < 1.29 is 13.2 Å². The van der Waals surface area contributed by atoms with Gasteiger partial charge in [-0.05, 0) is 42.0 Å². The fraction of sp³-hybridized carbons (Fsp3) is 0.208. The van der Waals surface area contributed by atoms with Crippen LogP contribution in [0, 0.1) is 0 Å². The highest BCUT2D eigenvalue weighted by Crippen LogP contribution is 2.32. The van der Waals surface area contributed by atoms with E-state index in [4.69, 9.17) is 34.8 Å². The summed E-state index contributed by atoms with van der Waals surface area (Å²) in [5, 5.41) is 3.65. The molecule has 6 nitrogen and oxygen atoms in total. The van der Waals surface area contributed by atoms with E-state index in [1.165, 1.54) is 16.4 Å². The maximum absolute atomic E-state index is 12.8. The lowest BCUT2D eigenvalue weighted by molar-refractivity contribution is 0.102. The number of anilines is 1. The van der Waals surface area contributed by atoms with Gasteiger partial charge in [0.15, 0.2) is 0 Å². The smallest absolute Gasteiger partial charge is 0.255 e. The van der Waals surface area contributed by atoms with Gasteiger partial charge >= 0.3 is 0 Å². The summed E-state index contributed by atoms with van der Waals surface area (Å²) in [4.78, 5) is 15.1. The van der Waals surface area contributed by atoms with Gasteiger partial charge in [0.25, 0.3) is 5.91 Å². The summed E-state index contributed by atoms with van der Waals surface area (Å²) in [5.41, 5.74) is 1.89. The standard InChI is InChI=1S/C24H22Cl3N3O3S/c25-20-14-22(27)23(15-21(20)26)28-24(31)18-8-6-17(7-9-18)16-29-10-12-30(13-11-29)34(32,33)19-4-2-1-3-5-19/h1-9,14-15H,10-13,16H2,(H,28,31). The van der Waals surface area contributed by atoms with Crippen LogP contribution >= 0.6 is 34.8 Å². The molecule has 0 aliphatic carbocycles. The Bertz CT molecular complexity index is 1280. The lowest BCUT2D eigenvalue weighted by atomic mass is 10.1. The molecule has 4 rings (SSSR count). The molecule has 178 valence electrons. The molecule has 1 N–H and O–H groups in total. The summed E-state index contributed by atoms with van der Waals surface area (Å²) in [6, 6.07) is 18.7. The van der Waals surface area contributed by atoms with Gasteiger partial charge in [-0.2, -0.15) is 4.31 Å². The number of sulfonamides is 1. The first-order chi connectivity index (χ1) is 16.2. The molecule has 3 aromatic carbocycles. The lowest BCUT2D eigenvalue weighted by Crippen LogP contribution is -2.48. The number of nitrogens with one attached hydrogen (secondary N) is 1. The SMILES string of the molecule is O=C(Nc1cc(Cl)c(Cl)cc1Cl)c1ccc(CN2CCN(S(=O)(=O)c3ccccc3)CC2)cc1.